The van der Waals surface area contributed by atoms with Crippen molar-refractivity contribution in [3.8, 4) is 0 Å². The fraction of sp³-hybridized carbons (Fsp3) is 0.348. The number of hydrogen-bond donors (Lipinski definition) is 0. The Bertz CT molecular complexity index is 1230. The normalized spacial score (nSPS) is 15.5. The molecular formula is C23H26N4O4S. The van der Waals surface area contributed by atoms with Crippen molar-refractivity contribution >= 4 is 32.8 Å². The van der Waals surface area contributed by atoms with Gasteiger partial charge >= 0.3 is 5.97 Å². The molecule has 1 aromatic heterocycles. The maximum atomic E-state index is 13.1. The van der Waals surface area contributed by atoms with Crippen LogP contribution in [-0.2, 0) is 14.8 Å². The monoisotopic (exact) mass is 454 g/mol. The van der Waals surface area contributed by atoms with Gasteiger partial charge in [0.15, 0.2) is 11.5 Å². The van der Waals surface area contributed by atoms with Crippen molar-refractivity contribution in [2.24, 2.45) is 0 Å². The van der Waals surface area contributed by atoms with E-state index in [4.69, 9.17) is 9.72 Å². The van der Waals surface area contributed by atoms with Crippen LogP contribution >= 0.6 is 0 Å². The SMILES string of the molecule is CCOC(=O)c1nc2ccccc2nc1N1CCCN(S(=O)(=O)c2ccc(C)cc2)CC1. The minimum absolute atomic E-state index is 0.153. The van der Waals surface area contributed by atoms with Gasteiger partial charge in [0.05, 0.1) is 22.5 Å². The molecule has 0 atom stereocenters. The van der Waals surface area contributed by atoms with Crippen LogP contribution in [0.4, 0.5) is 5.82 Å². The number of esters is 1. The van der Waals surface area contributed by atoms with Gasteiger partial charge in [-0.3, -0.25) is 0 Å². The summed E-state index contributed by atoms with van der Waals surface area (Å²) >= 11 is 0. The number of carbonyl (C=O) groups is 1. The third kappa shape index (κ3) is 4.44. The van der Waals surface area contributed by atoms with Crippen molar-refractivity contribution in [2.75, 3.05) is 37.7 Å². The molecular weight excluding hydrogens is 428 g/mol. The molecule has 0 amide bonds. The highest BCUT2D eigenvalue weighted by molar-refractivity contribution is 7.89. The van der Waals surface area contributed by atoms with Crippen molar-refractivity contribution in [1.29, 1.82) is 0 Å². The number of aromatic nitrogens is 2. The number of fused-ring (bicyclic) bond motifs is 1. The molecule has 4 rings (SSSR count). The number of aryl methyl sites for hydroxylation is 1. The molecule has 0 unspecified atom stereocenters. The summed E-state index contributed by atoms with van der Waals surface area (Å²) in [6.45, 7) is 5.52. The molecule has 3 aromatic rings. The number of hydrogen-bond acceptors (Lipinski definition) is 7. The zero-order valence-corrected chi connectivity index (χ0v) is 19.0. The van der Waals surface area contributed by atoms with Crippen LogP contribution in [0.3, 0.4) is 0 Å². The van der Waals surface area contributed by atoms with E-state index >= 15 is 0 Å². The molecule has 8 nitrogen and oxygen atoms in total. The second kappa shape index (κ2) is 9.22. The topological polar surface area (TPSA) is 92.7 Å². The number of sulfonamides is 1. The molecule has 168 valence electrons. The largest absolute Gasteiger partial charge is 0.461 e. The van der Waals surface area contributed by atoms with Gasteiger partial charge < -0.3 is 9.64 Å². The Balaban J connectivity index is 1.63. The molecule has 0 radical (unpaired) electrons. The lowest BCUT2D eigenvalue weighted by Crippen LogP contribution is -2.36. The molecule has 9 heteroatoms. The molecule has 0 bridgehead atoms. The van der Waals surface area contributed by atoms with Crippen LogP contribution < -0.4 is 4.90 Å². The van der Waals surface area contributed by atoms with E-state index < -0.39 is 16.0 Å². The fourth-order valence-corrected chi connectivity index (χ4v) is 5.22. The lowest BCUT2D eigenvalue weighted by Gasteiger charge is -2.24. The summed E-state index contributed by atoms with van der Waals surface area (Å²) in [6.07, 6.45) is 0.599. The van der Waals surface area contributed by atoms with Gasteiger partial charge in [0.1, 0.15) is 0 Å². The van der Waals surface area contributed by atoms with E-state index in [1.807, 2.05) is 30.0 Å². The highest BCUT2D eigenvalue weighted by atomic mass is 32.2. The van der Waals surface area contributed by atoms with E-state index in [2.05, 4.69) is 4.98 Å². The van der Waals surface area contributed by atoms with Crippen LogP contribution in [0.1, 0.15) is 29.4 Å². The van der Waals surface area contributed by atoms with Gasteiger partial charge in [-0.15, -0.1) is 0 Å². The summed E-state index contributed by atoms with van der Waals surface area (Å²) in [5.74, 6) is -0.106. The van der Waals surface area contributed by atoms with E-state index in [-0.39, 0.29) is 23.7 Å². The third-order valence-corrected chi connectivity index (χ3v) is 7.35. The Morgan fingerprint density at radius 1 is 0.969 bits per heavy atom. The first-order chi connectivity index (χ1) is 15.4. The zero-order chi connectivity index (χ0) is 22.7. The van der Waals surface area contributed by atoms with Crippen LogP contribution in [0, 0.1) is 6.92 Å². The standard InChI is InChI=1S/C23H26N4O4S/c1-3-31-23(28)21-22(25-20-8-5-4-7-19(20)24-21)26-13-6-14-27(16-15-26)32(29,30)18-11-9-17(2)10-12-18/h4-5,7-12H,3,6,13-16H2,1-2H3. The third-order valence-electron chi connectivity index (χ3n) is 5.43. The van der Waals surface area contributed by atoms with E-state index in [0.717, 1.165) is 5.56 Å². The Hall–Kier alpha value is -3.04. The highest BCUT2D eigenvalue weighted by Crippen LogP contribution is 2.25. The smallest absolute Gasteiger partial charge is 0.360 e. The van der Waals surface area contributed by atoms with Gasteiger partial charge in [-0.05, 0) is 44.5 Å². The first-order valence-electron chi connectivity index (χ1n) is 10.7. The number of rotatable bonds is 5. The molecule has 0 spiro atoms. The molecule has 0 saturated carbocycles. The predicted octanol–water partition coefficient (Wildman–Crippen LogP) is 3.02. The Morgan fingerprint density at radius 2 is 1.66 bits per heavy atom. The number of nitrogens with zero attached hydrogens (tertiary/aromatic N) is 4. The fourth-order valence-electron chi connectivity index (χ4n) is 3.75. The molecule has 2 heterocycles. The van der Waals surface area contributed by atoms with Crippen LogP contribution in [0.5, 0.6) is 0 Å². The molecule has 1 aliphatic heterocycles. The lowest BCUT2D eigenvalue weighted by atomic mass is 10.2. The summed E-state index contributed by atoms with van der Waals surface area (Å²) in [5.41, 5.74) is 2.44. The van der Waals surface area contributed by atoms with Crippen molar-refractivity contribution in [2.45, 2.75) is 25.2 Å². The Morgan fingerprint density at radius 3 is 2.34 bits per heavy atom. The molecule has 1 saturated heterocycles. The molecule has 1 aliphatic rings. The van der Waals surface area contributed by atoms with E-state index in [1.165, 1.54) is 4.31 Å². The van der Waals surface area contributed by atoms with Gasteiger partial charge in [0, 0.05) is 26.2 Å². The van der Waals surface area contributed by atoms with Gasteiger partial charge in [-0.2, -0.15) is 4.31 Å². The van der Waals surface area contributed by atoms with Crippen molar-refractivity contribution < 1.29 is 17.9 Å². The summed E-state index contributed by atoms with van der Waals surface area (Å²) in [7, 11) is -3.60. The highest BCUT2D eigenvalue weighted by Gasteiger charge is 2.29. The van der Waals surface area contributed by atoms with E-state index in [9.17, 15) is 13.2 Å². The van der Waals surface area contributed by atoms with E-state index in [1.54, 1.807) is 37.3 Å². The minimum atomic E-state index is -3.60. The second-order valence-corrected chi connectivity index (χ2v) is 9.60. The number of para-hydroxylation sites is 2. The first-order valence-corrected chi connectivity index (χ1v) is 12.1. The minimum Gasteiger partial charge on any atom is -0.461 e. The molecule has 1 fully saturated rings. The summed E-state index contributed by atoms with van der Waals surface area (Å²) in [4.78, 5) is 24.0. The Labute approximate surface area is 187 Å². The number of ether oxygens (including phenoxy) is 1. The van der Waals surface area contributed by atoms with Crippen molar-refractivity contribution in [3.05, 3.63) is 59.8 Å². The van der Waals surface area contributed by atoms with Crippen LogP contribution in [0.15, 0.2) is 53.4 Å². The molecule has 32 heavy (non-hydrogen) atoms. The lowest BCUT2D eigenvalue weighted by molar-refractivity contribution is 0.0520. The summed E-state index contributed by atoms with van der Waals surface area (Å²) in [6, 6.07) is 14.2. The predicted molar refractivity (Wildman–Crippen MR) is 122 cm³/mol. The van der Waals surface area contributed by atoms with Gasteiger partial charge in [-0.1, -0.05) is 29.8 Å². The summed E-state index contributed by atoms with van der Waals surface area (Å²) < 4.78 is 33.0. The van der Waals surface area contributed by atoms with Crippen LogP contribution in [0.25, 0.3) is 11.0 Å². The Kier molecular flexibility index (Phi) is 6.38. The average Bonchev–Trinajstić information content (AvgIpc) is 3.05. The number of carbonyl (C=O) groups excluding carboxylic acids is 1. The number of benzene rings is 2. The first kappa shape index (κ1) is 22.2. The maximum Gasteiger partial charge on any atom is 0.360 e. The zero-order valence-electron chi connectivity index (χ0n) is 18.2. The molecule has 0 aliphatic carbocycles. The van der Waals surface area contributed by atoms with Crippen LogP contribution in [-0.4, -0.2) is 61.4 Å². The molecule has 2 aromatic carbocycles. The van der Waals surface area contributed by atoms with Crippen molar-refractivity contribution in [1.82, 2.24) is 14.3 Å². The average molecular weight is 455 g/mol. The molecule has 0 N–H and O–H groups in total. The van der Waals surface area contributed by atoms with Crippen molar-refractivity contribution in [3.63, 3.8) is 0 Å². The van der Waals surface area contributed by atoms with Crippen LogP contribution in [0.2, 0.25) is 0 Å². The second-order valence-electron chi connectivity index (χ2n) is 7.66. The quantitative estimate of drug-likeness (QED) is 0.547. The number of anilines is 1. The van der Waals surface area contributed by atoms with Gasteiger partial charge in [0.2, 0.25) is 10.0 Å². The summed E-state index contributed by atoms with van der Waals surface area (Å²) in [5, 5.41) is 0. The van der Waals surface area contributed by atoms with Gasteiger partial charge in [-0.25, -0.2) is 23.2 Å². The van der Waals surface area contributed by atoms with E-state index in [0.29, 0.717) is 42.9 Å². The van der Waals surface area contributed by atoms with Gasteiger partial charge in [0.25, 0.3) is 0 Å². The maximum absolute atomic E-state index is 13.1.